The van der Waals surface area contributed by atoms with Crippen LogP contribution in [0.5, 0.6) is 5.75 Å². The number of benzene rings is 4. The van der Waals surface area contributed by atoms with E-state index in [2.05, 4.69) is 78.9 Å². The molecule has 0 radical (unpaired) electrons. The molecular formula is C60H66O11. The van der Waals surface area contributed by atoms with Crippen molar-refractivity contribution in [3.8, 4) is 5.75 Å². The number of aliphatic hydroxyl groups is 3. The lowest BCUT2D eigenvalue weighted by Crippen LogP contribution is -2.59. The third-order valence-electron chi connectivity index (χ3n) is 16.7. The van der Waals surface area contributed by atoms with E-state index in [1.54, 1.807) is 19.1 Å². The SMILES string of the molecule is COC[C@@H](CCO)c1c(CO)c2ccc3c(c2oc1=O)[C@H]1OC(=O)C[C@@H]2C[C@@H](c4cccc(Cc5ccccc5)c4)C=C[C@H]2c2ccc4c(c2)CC[C@H]2CCC[C@@H]2[C@](C)(O3)[C@H]1OC(=O)/C(=C(/C)CO)CC4. The first kappa shape index (κ1) is 48.8. The van der Waals surface area contributed by atoms with Crippen LogP contribution in [0.4, 0.5) is 0 Å². The molecule has 71 heavy (non-hydrogen) atoms. The molecule has 5 aliphatic rings. The molecule has 5 bridgehead atoms. The Kier molecular flexibility index (Phi) is 14.2. The Morgan fingerprint density at radius 1 is 0.831 bits per heavy atom. The Balaban J connectivity index is 1.15. The van der Waals surface area contributed by atoms with Gasteiger partial charge in [0.2, 0.25) is 0 Å². The van der Waals surface area contributed by atoms with Gasteiger partial charge in [0.1, 0.15) is 11.3 Å². The number of ether oxygens (including phenoxy) is 4. The summed E-state index contributed by atoms with van der Waals surface area (Å²) in [6.07, 6.45) is 8.98. The van der Waals surface area contributed by atoms with Crippen LogP contribution in [0.15, 0.2) is 117 Å². The summed E-state index contributed by atoms with van der Waals surface area (Å²) >= 11 is 0. The van der Waals surface area contributed by atoms with Gasteiger partial charge in [-0.05, 0) is 134 Å². The Labute approximate surface area is 415 Å². The zero-order valence-corrected chi connectivity index (χ0v) is 41.1. The molecule has 0 spiro atoms. The summed E-state index contributed by atoms with van der Waals surface area (Å²) in [5, 5.41) is 32.0. The molecule has 3 N–H and O–H groups in total. The molecule has 1 fully saturated rings. The fourth-order valence-electron chi connectivity index (χ4n) is 13.1. The highest BCUT2D eigenvalue weighted by Crippen LogP contribution is 2.55. The van der Waals surface area contributed by atoms with Crippen molar-refractivity contribution >= 4 is 22.9 Å². The van der Waals surface area contributed by atoms with Gasteiger partial charge in [0.05, 0.1) is 25.4 Å². The highest BCUT2D eigenvalue weighted by atomic mass is 16.6. The van der Waals surface area contributed by atoms with Crippen LogP contribution in [-0.4, -0.2) is 65.9 Å². The number of rotatable bonds is 10. The van der Waals surface area contributed by atoms with Gasteiger partial charge in [-0.3, -0.25) is 4.79 Å². The number of fused-ring (bicyclic) bond motifs is 8. The first-order valence-electron chi connectivity index (χ1n) is 25.7. The molecule has 372 valence electrons. The van der Waals surface area contributed by atoms with Crippen LogP contribution in [0.3, 0.4) is 0 Å². The number of esters is 2. The van der Waals surface area contributed by atoms with Gasteiger partial charge in [0.25, 0.3) is 0 Å². The molecule has 2 aliphatic carbocycles. The van der Waals surface area contributed by atoms with Crippen LogP contribution in [0.1, 0.15) is 139 Å². The van der Waals surface area contributed by atoms with Crippen molar-refractivity contribution in [1.82, 2.24) is 0 Å². The molecule has 1 saturated carbocycles. The van der Waals surface area contributed by atoms with E-state index in [1.165, 1.54) is 29.4 Å². The van der Waals surface area contributed by atoms with Crippen molar-refractivity contribution in [2.45, 2.75) is 127 Å². The minimum absolute atomic E-state index is 0.0310. The van der Waals surface area contributed by atoms with Crippen molar-refractivity contribution in [3.05, 3.63) is 169 Å². The fraction of sp³-hybridized carbons (Fsp3) is 0.450. The Morgan fingerprint density at radius 2 is 1.66 bits per heavy atom. The predicted molar refractivity (Wildman–Crippen MR) is 269 cm³/mol. The van der Waals surface area contributed by atoms with Gasteiger partial charge in [-0.25, -0.2) is 9.59 Å². The second kappa shape index (κ2) is 20.7. The maximum atomic E-state index is 15.3. The van der Waals surface area contributed by atoms with Crippen molar-refractivity contribution in [2.75, 3.05) is 26.9 Å². The van der Waals surface area contributed by atoms with Gasteiger partial charge < -0.3 is 38.7 Å². The molecule has 10 rings (SSSR count). The van der Waals surface area contributed by atoms with Crippen LogP contribution >= 0.6 is 0 Å². The number of methoxy groups -OCH3 is 1. The van der Waals surface area contributed by atoms with Crippen molar-refractivity contribution in [1.29, 1.82) is 0 Å². The van der Waals surface area contributed by atoms with Crippen molar-refractivity contribution in [3.63, 3.8) is 0 Å². The van der Waals surface area contributed by atoms with Gasteiger partial charge in [-0.15, -0.1) is 0 Å². The van der Waals surface area contributed by atoms with E-state index >= 15 is 9.59 Å². The summed E-state index contributed by atoms with van der Waals surface area (Å²) < 4.78 is 32.8. The average Bonchev–Trinajstić information content (AvgIpc) is 3.86. The third-order valence-corrected chi connectivity index (χ3v) is 16.7. The first-order valence-corrected chi connectivity index (χ1v) is 25.7. The van der Waals surface area contributed by atoms with Crippen LogP contribution in [0, 0.1) is 17.8 Å². The Hall–Kier alpha value is -5.85. The summed E-state index contributed by atoms with van der Waals surface area (Å²) in [7, 11) is 1.51. The van der Waals surface area contributed by atoms with Gasteiger partial charge >= 0.3 is 17.6 Å². The molecule has 0 unspecified atom stereocenters. The number of hydrogen-bond donors (Lipinski definition) is 3. The normalized spacial score (nSPS) is 27.3. The Bertz CT molecular complexity index is 2910. The minimum Gasteiger partial charge on any atom is -0.483 e. The molecule has 0 amide bonds. The van der Waals surface area contributed by atoms with Crippen molar-refractivity contribution < 1.29 is 48.3 Å². The van der Waals surface area contributed by atoms with E-state index in [1.807, 2.05) is 13.0 Å². The van der Waals surface area contributed by atoms with Crippen LogP contribution < -0.4 is 10.4 Å². The highest BCUT2D eigenvalue weighted by Gasteiger charge is 2.59. The van der Waals surface area contributed by atoms with Gasteiger partial charge in [-0.2, -0.15) is 0 Å². The van der Waals surface area contributed by atoms with Gasteiger partial charge in [0, 0.05) is 60.3 Å². The summed E-state index contributed by atoms with van der Waals surface area (Å²) in [6, 6.07) is 29.4. The third kappa shape index (κ3) is 9.42. The standard InChI is InChI=1S/C60H66O11/c1-35(32-62)46-21-19-38-15-18-43-29-41(38)17-16-39-12-8-14-50(39)60(2)57(70-58(46)65)56(54-51(71-60)24-23-48-49(33-63)53(59(66)69-55(48)54)44(25-26-61)34-67-3)68-52(64)31-45-30-42(20-22-47(43)45)40-13-7-11-37(28-40)27-36-9-5-4-6-10-36/h4-7,9-11,13,15,18,20,22-24,28-29,39,42,44-45,47,50,56-57,61-63H,8,12,14,16-17,19,21,25-27,30-34H2,1-3H3/b46-35-/t39-,42+,44-,45+,47+,50+,56-,57+,60+/m1/s1. The van der Waals surface area contributed by atoms with E-state index in [9.17, 15) is 20.1 Å². The topological polar surface area (TPSA) is 162 Å². The Morgan fingerprint density at radius 3 is 2.45 bits per heavy atom. The smallest absolute Gasteiger partial charge is 0.340 e. The number of aryl methyl sites for hydroxylation is 2. The molecule has 11 nitrogen and oxygen atoms in total. The second-order valence-corrected chi connectivity index (χ2v) is 20.9. The zero-order valence-electron chi connectivity index (χ0n) is 41.1. The molecule has 11 heteroatoms. The number of allylic oxidation sites excluding steroid dienone is 2. The van der Waals surface area contributed by atoms with Crippen LogP contribution in [0.2, 0.25) is 0 Å². The number of aliphatic hydroxyl groups excluding tert-OH is 3. The van der Waals surface area contributed by atoms with E-state index in [-0.39, 0.29) is 79.0 Å². The van der Waals surface area contributed by atoms with E-state index in [0.29, 0.717) is 47.1 Å². The molecule has 4 aromatic carbocycles. The molecule has 0 saturated heterocycles. The van der Waals surface area contributed by atoms with Crippen LogP contribution in [0.25, 0.3) is 11.0 Å². The maximum absolute atomic E-state index is 15.3. The van der Waals surface area contributed by atoms with Crippen LogP contribution in [-0.2, 0) is 49.7 Å². The van der Waals surface area contributed by atoms with Gasteiger partial charge in [-0.1, -0.05) is 97.8 Å². The summed E-state index contributed by atoms with van der Waals surface area (Å²) in [5.41, 5.74) is 6.78. The molecule has 3 aliphatic heterocycles. The number of carbonyl (C=O) groups excluding carboxylic acids is 2. The van der Waals surface area contributed by atoms with Crippen molar-refractivity contribution in [2.24, 2.45) is 17.8 Å². The fourth-order valence-corrected chi connectivity index (χ4v) is 13.1. The molecule has 5 aromatic rings. The lowest BCUT2D eigenvalue weighted by Gasteiger charge is -2.49. The zero-order chi connectivity index (χ0) is 49.4. The lowest BCUT2D eigenvalue weighted by atomic mass is 9.71. The molecule has 9 atom stereocenters. The first-order chi connectivity index (χ1) is 34.5. The minimum atomic E-state index is -1.31. The summed E-state index contributed by atoms with van der Waals surface area (Å²) in [5.74, 6) is -1.61. The van der Waals surface area contributed by atoms with Gasteiger partial charge in [0.15, 0.2) is 17.8 Å². The predicted octanol–water partition coefficient (Wildman–Crippen LogP) is 9.79. The second-order valence-electron chi connectivity index (χ2n) is 20.9. The number of carbonyl (C=O) groups is 2. The van der Waals surface area contributed by atoms with E-state index < -0.39 is 47.9 Å². The summed E-state index contributed by atoms with van der Waals surface area (Å²) in [6.45, 7) is 2.70. The van der Waals surface area contributed by atoms with E-state index in [0.717, 1.165) is 49.7 Å². The monoisotopic (exact) mass is 962 g/mol. The molecule has 4 heterocycles. The largest absolute Gasteiger partial charge is 0.483 e. The van der Waals surface area contributed by atoms with E-state index in [4.69, 9.17) is 23.4 Å². The molecular weight excluding hydrogens is 897 g/mol. The highest BCUT2D eigenvalue weighted by molar-refractivity contribution is 5.90. The quantitative estimate of drug-likeness (QED) is 0.0529. The molecule has 1 aromatic heterocycles. The maximum Gasteiger partial charge on any atom is 0.340 e. The summed E-state index contributed by atoms with van der Waals surface area (Å²) in [4.78, 5) is 44.7. The average molecular weight is 963 g/mol. The lowest BCUT2D eigenvalue weighted by molar-refractivity contribution is -0.201. The number of hydrogen-bond acceptors (Lipinski definition) is 11.